The summed E-state index contributed by atoms with van der Waals surface area (Å²) in [6.45, 7) is 4.29. The molecule has 1 aromatic rings. The Kier molecular flexibility index (Phi) is 6.36. The van der Waals surface area contributed by atoms with E-state index in [0.717, 1.165) is 25.5 Å². The molecule has 0 bridgehead atoms. The van der Waals surface area contributed by atoms with Gasteiger partial charge >= 0.3 is 11.8 Å². The van der Waals surface area contributed by atoms with Crippen molar-refractivity contribution >= 4 is 29.1 Å². The van der Waals surface area contributed by atoms with Crippen molar-refractivity contribution in [1.82, 2.24) is 10.2 Å². The maximum Gasteiger partial charge on any atom is 0.313 e. The first-order valence-electron chi connectivity index (χ1n) is 7.75. The maximum atomic E-state index is 13.1. The molecule has 1 aliphatic rings. The van der Waals surface area contributed by atoms with Gasteiger partial charge < -0.3 is 10.6 Å². The zero-order chi connectivity index (χ0) is 16.8. The quantitative estimate of drug-likeness (QED) is 0.827. The number of hydrogen-bond acceptors (Lipinski definition) is 3. The van der Waals surface area contributed by atoms with Crippen LogP contribution in [-0.2, 0) is 9.59 Å². The maximum absolute atomic E-state index is 13.1. The summed E-state index contributed by atoms with van der Waals surface area (Å²) >= 11 is 5.85. The van der Waals surface area contributed by atoms with Crippen molar-refractivity contribution in [2.24, 2.45) is 0 Å². The Hall–Kier alpha value is -1.66. The largest absolute Gasteiger partial charge is 0.347 e. The second-order valence-corrected chi connectivity index (χ2v) is 6.12. The van der Waals surface area contributed by atoms with E-state index in [1.807, 2.05) is 0 Å². The Morgan fingerprint density at radius 3 is 2.87 bits per heavy atom. The lowest BCUT2D eigenvalue weighted by Crippen LogP contribution is -2.44. The van der Waals surface area contributed by atoms with Crippen molar-refractivity contribution in [3.63, 3.8) is 0 Å². The van der Waals surface area contributed by atoms with E-state index >= 15 is 0 Å². The number of likely N-dealkylation sites (tertiary alicyclic amines) is 1. The number of benzene rings is 1. The molecule has 0 aromatic heterocycles. The number of hydrogen-bond donors (Lipinski definition) is 2. The molecule has 1 aliphatic heterocycles. The van der Waals surface area contributed by atoms with Gasteiger partial charge in [-0.25, -0.2) is 4.39 Å². The van der Waals surface area contributed by atoms with Gasteiger partial charge in [-0.3, -0.25) is 14.5 Å². The van der Waals surface area contributed by atoms with E-state index < -0.39 is 17.6 Å². The summed E-state index contributed by atoms with van der Waals surface area (Å²) in [5.41, 5.74) is 0.0801. The van der Waals surface area contributed by atoms with Crippen LogP contribution < -0.4 is 10.6 Å². The lowest BCUT2D eigenvalue weighted by atomic mass is 10.0. The predicted octanol–water partition coefficient (Wildman–Crippen LogP) is 2.41. The number of anilines is 1. The molecule has 0 unspecified atom stereocenters. The van der Waals surface area contributed by atoms with Crippen molar-refractivity contribution in [2.45, 2.75) is 32.2 Å². The van der Waals surface area contributed by atoms with Gasteiger partial charge in [0.1, 0.15) is 5.82 Å². The molecule has 1 aromatic carbocycles. The van der Waals surface area contributed by atoms with Crippen LogP contribution in [0.2, 0.25) is 5.02 Å². The molecular formula is C16H21ClFN3O2. The molecular weight excluding hydrogens is 321 g/mol. The van der Waals surface area contributed by atoms with Crippen molar-refractivity contribution in [3.05, 3.63) is 29.0 Å². The van der Waals surface area contributed by atoms with Gasteiger partial charge in [-0.1, -0.05) is 18.0 Å². The molecule has 1 saturated heterocycles. The zero-order valence-electron chi connectivity index (χ0n) is 13.1. The Balaban J connectivity index is 1.78. The molecule has 1 heterocycles. The monoisotopic (exact) mass is 341 g/mol. The van der Waals surface area contributed by atoms with Crippen LogP contribution in [0, 0.1) is 5.82 Å². The van der Waals surface area contributed by atoms with Crippen LogP contribution >= 0.6 is 11.6 Å². The van der Waals surface area contributed by atoms with Crippen molar-refractivity contribution in [3.8, 4) is 0 Å². The molecule has 2 rings (SSSR count). The molecule has 0 radical (unpaired) electrons. The number of amides is 2. The molecule has 126 valence electrons. The lowest BCUT2D eigenvalue weighted by Gasteiger charge is -2.33. The average molecular weight is 342 g/mol. The number of piperidine rings is 1. The van der Waals surface area contributed by atoms with E-state index in [4.69, 9.17) is 11.6 Å². The number of rotatable bonds is 4. The molecule has 23 heavy (non-hydrogen) atoms. The predicted molar refractivity (Wildman–Crippen MR) is 87.9 cm³/mol. The molecule has 1 atom stereocenters. The van der Waals surface area contributed by atoms with E-state index in [0.29, 0.717) is 19.1 Å². The third kappa shape index (κ3) is 5.18. The van der Waals surface area contributed by atoms with Gasteiger partial charge in [-0.2, -0.15) is 0 Å². The molecule has 0 spiro atoms. The SMILES string of the molecule is C[C@H]1CCCCN1CCNC(=O)C(=O)Nc1cc(F)ccc1Cl. The third-order valence-corrected chi connectivity index (χ3v) is 4.34. The molecule has 7 heteroatoms. The highest BCUT2D eigenvalue weighted by atomic mass is 35.5. The Morgan fingerprint density at radius 2 is 2.13 bits per heavy atom. The van der Waals surface area contributed by atoms with E-state index in [-0.39, 0.29) is 10.7 Å². The van der Waals surface area contributed by atoms with Crippen molar-refractivity contribution < 1.29 is 14.0 Å². The van der Waals surface area contributed by atoms with Crippen LogP contribution in [0.5, 0.6) is 0 Å². The summed E-state index contributed by atoms with van der Waals surface area (Å²) in [5.74, 6) is -2.15. The first kappa shape index (κ1) is 17.7. The summed E-state index contributed by atoms with van der Waals surface area (Å²) < 4.78 is 13.1. The first-order valence-corrected chi connectivity index (χ1v) is 8.13. The van der Waals surface area contributed by atoms with Crippen LogP contribution in [-0.4, -0.2) is 42.4 Å². The molecule has 1 fully saturated rings. The normalized spacial score (nSPS) is 18.5. The third-order valence-electron chi connectivity index (χ3n) is 4.01. The second-order valence-electron chi connectivity index (χ2n) is 5.71. The molecule has 2 amide bonds. The van der Waals surface area contributed by atoms with Crippen molar-refractivity contribution in [1.29, 1.82) is 0 Å². The number of nitrogens with zero attached hydrogens (tertiary/aromatic N) is 1. The summed E-state index contributed by atoms with van der Waals surface area (Å²) in [6.07, 6.45) is 3.56. The summed E-state index contributed by atoms with van der Waals surface area (Å²) in [4.78, 5) is 25.9. The number of nitrogens with one attached hydrogen (secondary N) is 2. The van der Waals surface area contributed by atoms with Gasteiger partial charge in [0.15, 0.2) is 0 Å². The Morgan fingerprint density at radius 1 is 1.35 bits per heavy atom. The van der Waals surface area contributed by atoms with Gasteiger partial charge in [-0.05, 0) is 44.5 Å². The van der Waals surface area contributed by atoms with Crippen LogP contribution in [0.15, 0.2) is 18.2 Å². The van der Waals surface area contributed by atoms with E-state index in [2.05, 4.69) is 22.5 Å². The molecule has 5 nitrogen and oxygen atoms in total. The standard InChI is InChI=1S/C16H21ClFN3O2/c1-11-4-2-3-8-21(11)9-7-19-15(22)16(23)20-14-10-12(18)5-6-13(14)17/h5-6,10-11H,2-4,7-9H2,1H3,(H,19,22)(H,20,23)/t11-/m0/s1. The fraction of sp³-hybridized carbons (Fsp3) is 0.500. The topological polar surface area (TPSA) is 61.4 Å². The number of carbonyl (C=O) groups excluding carboxylic acids is 2. The van der Waals surface area contributed by atoms with Gasteiger partial charge in [0, 0.05) is 19.1 Å². The van der Waals surface area contributed by atoms with Gasteiger partial charge in [-0.15, -0.1) is 0 Å². The smallest absolute Gasteiger partial charge is 0.313 e. The van der Waals surface area contributed by atoms with Crippen LogP contribution in [0.25, 0.3) is 0 Å². The van der Waals surface area contributed by atoms with Crippen LogP contribution in [0.1, 0.15) is 26.2 Å². The van der Waals surface area contributed by atoms with Gasteiger partial charge in [0.2, 0.25) is 0 Å². The van der Waals surface area contributed by atoms with Crippen LogP contribution in [0.4, 0.5) is 10.1 Å². The molecule has 2 N–H and O–H groups in total. The van der Waals surface area contributed by atoms with Crippen molar-refractivity contribution in [2.75, 3.05) is 25.0 Å². The minimum absolute atomic E-state index is 0.0801. The summed E-state index contributed by atoms with van der Waals surface area (Å²) in [7, 11) is 0. The minimum atomic E-state index is -0.857. The highest BCUT2D eigenvalue weighted by Crippen LogP contribution is 2.22. The average Bonchev–Trinajstić information content (AvgIpc) is 2.52. The van der Waals surface area contributed by atoms with Gasteiger partial charge in [0.05, 0.1) is 10.7 Å². The summed E-state index contributed by atoms with van der Waals surface area (Å²) in [6, 6.07) is 4.07. The molecule has 0 saturated carbocycles. The summed E-state index contributed by atoms with van der Waals surface area (Å²) in [5, 5.41) is 5.06. The molecule has 0 aliphatic carbocycles. The minimum Gasteiger partial charge on any atom is -0.347 e. The second kappa shape index (κ2) is 8.26. The Labute approximate surface area is 140 Å². The number of halogens is 2. The fourth-order valence-electron chi connectivity index (χ4n) is 2.66. The first-order chi connectivity index (χ1) is 11.0. The lowest BCUT2D eigenvalue weighted by molar-refractivity contribution is -0.136. The highest BCUT2D eigenvalue weighted by molar-refractivity contribution is 6.41. The van der Waals surface area contributed by atoms with Gasteiger partial charge in [0.25, 0.3) is 0 Å². The van der Waals surface area contributed by atoms with E-state index in [1.165, 1.54) is 18.6 Å². The fourth-order valence-corrected chi connectivity index (χ4v) is 2.82. The highest BCUT2D eigenvalue weighted by Gasteiger charge is 2.19. The Bertz CT molecular complexity index is 582. The van der Waals surface area contributed by atoms with E-state index in [1.54, 1.807) is 0 Å². The van der Waals surface area contributed by atoms with E-state index in [9.17, 15) is 14.0 Å². The number of carbonyl (C=O) groups is 2. The van der Waals surface area contributed by atoms with Crippen LogP contribution in [0.3, 0.4) is 0 Å². The zero-order valence-corrected chi connectivity index (χ0v) is 13.8.